The minimum absolute atomic E-state index is 0.110. The smallest absolute Gasteiger partial charge is 0.387 e. The molecule has 0 fully saturated rings. The molecule has 0 spiro atoms. The maximum atomic E-state index is 12.2. The highest BCUT2D eigenvalue weighted by Crippen LogP contribution is 2.21. The summed E-state index contributed by atoms with van der Waals surface area (Å²) >= 11 is 0. The van der Waals surface area contributed by atoms with Crippen molar-refractivity contribution in [3.8, 4) is 5.75 Å². The van der Waals surface area contributed by atoms with Crippen molar-refractivity contribution in [1.82, 2.24) is 5.32 Å². The minimum atomic E-state index is -2.78. The summed E-state index contributed by atoms with van der Waals surface area (Å²) in [5.74, 6) is 0.901. The zero-order valence-corrected chi connectivity index (χ0v) is 12.7. The molecule has 0 saturated heterocycles. The number of ether oxygens (including phenoxy) is 1. The number of nitrogens with one attached hydrogen (secondary N) is 1. The lowest BCUT2D eigenvalue weighted by molar-refractivity contribution is -0.0499. The SMILES string of the molecule is CC(C)CCC(C)NC(C)c1cccc(OC(F)F)c1. The van der Waals surface area contributed by atoms with Gasteiger partial charge < -0.3 is 10.1 Å². The van der Waals surface area contributed by atoms with Gasteiger partial charge in [0, 0.05) is 12.1 Å². The van der Waals surface area contributed by atoms with Crippen molar-refractivity contribution in [2.45, 2.75) is 59.2 Å². The quantitative estimate of drug-likeness (QED) is 0.743. The summed E-state index contributed by atoms with van der Waals surface area (Å²) in [7, 11) is 0. The topological polar surface area (TPSA) is 21.3 Å². The molecule has 0 bridgehead atoms. The van der Waals surface area contributed by atoms with Gasteiger partial charge in [-0.2, -0.15) is 8.78 Å². The highest BCUT2D eigenvalue weighted by Gasteiger charge is 2.12. The van der Waals surface area contributed by atoms with Crippen molar-refractivity contribution in [2.24, 2.45) is 5.92 Å². The van der Waals surface area contributed by atoms with Crippen molar-refractivity contribution in [3.05, 3.63) is 29.8 Å². The van der Waals surface area contributed by atoms with Crippen LogP contribution in [0, 0.1) is 5.92 Å². The zero-order chi connectivity index (χ0) is 15.1. The van der Waals surface area contributed by atoms with Gasteiger partial charge in [-0.3, -0.25) is 0 Å². The molecule has 2 nitrogen and oxygen atoms in total. The average molecular weight is 285 g/mol. The zero-order valence-electron chi connectivity index (χ0n) is 12.7. The van der Waals surface area contributed by atoms with E-state index in [4.69, 9.17) is 0 Å². The first-order valence-electron chi connectivity index (χ1n) is 7.19. The van der Waals surface area contributed by atoms with E-state index in [-0.39, 0.29) is 11.8 Å². The van der Waals surface area contributed by atoms with Crippen LogP contribution in [0.15, 0.2) is 24.3 Å². The van der Waals surface area contributed by atoms with Crippen molar-refractivity contribution in [2.75, 3.05) is 0 Å². The second-order valence-electron chi connectivity index (χ2n) is 5.71. The van der Waals surface area contributed by atoms with Gasteiger partial charge in [0.05, 0.1) is 0 Å². The van der Waals surface area contributed by atoms with Gasteiger partial charge in [0.15, 0.2) is 0 Å². The van der Waals surface area contributed by atoms with Crippen LogP contribution in [0.25, 0.3) is 0 Å². The molecule has 0 aliphatic heterocycles. The summed E-state index contributed by atoms with van der Waals surface area (Å²) in [6.45, 7) is 5.83. The van der Waals surface area contributed by atoms with E-state index in [0.717, 1.165) is 12.0 Å². The van der Waals surface area contributed by atoms with Crippen molar-refractivity contribution in [3.63, 3.8) is 0 Å². The van der Waals surface area contributed by atoms with Gasteiger partial charge in [0.25, 0.3) is 0 Å². The molecule has 0 heterocycles. The minimum Gasteiger partial charge on any atom is -0.435 e. The van der Waals surface area contributed by atoms with E-state index in [1.807, 2.05) is 13.0 Å². The highest BCUT2D eigenvalue weighted by atomic mass is 19.3. The second kappa shape index (κ2) is 8.20. The Balaban J connectivity index is 2.56. The van der Waals surface area contributed by atoms with Crippen LogP contribution in [-0.4, -0.2) is 12.7 Å². The molecule has 1 aromatic rings. The fourth-order valence-electron chi connectivity index (χ4n) is 2.15. The van der Waals surface area contributed by atoms with Crippen molar-refractivity contribution in [1.29, 1.82) is 0 Å². The number of hydrogen-bond acceptors (Lipinski definition) is 2. The summed E-state index contributed by atoms with van der Waals surface area (Å²) < 4.78 is 28.8. The molecule has 0 aliphatic rings. The van der Waals surface area contributed by atoms with E-state index in [0.29, 0.717) is 12.0 Å². The number of hydrogen-bond donors (Lipinski definition) is 1. The Kier molecular flexibility index (Phi) is 6.93. The Morgan fingerprint density at radius 1 is 1.10 bits per heavy atom. The summed E-state index contributed by atoms with van der Waals surface area (Å²) in [4.78, 5) is 0. The van der Waals surface area contributed by atoms with E-state index in [2.05, 4.69) is 30.8 Å². The van der Waals surface area contributed by atoms with Crippen molar-refractivity contribution >= 4 is 0 Å². The van der Waals surface area contributed by atoms with Crippen LogP contribution in [-0.2, 0) is 0 Å². The standard InChI is InChI=1S/C16H25F2NO/c1-11(2)8-9-12(3)19-13(4)14-6-5-7-15(10-14)20-16(17)18/h5-7,10-13,16,19H,8-9H2,1-4H3. The molecule has 1 N–H and O–H groups in total. The number of rotatable bonds is 8. The molecule has 4 heteroatoms. The lowest BCUT2D eigenvalue weighted by atomic mass is 10.0. The van der Waals surface area contributed by atoms with Crippen LogP contribution < -0.4 is 10.1 Å². The highest BCUT2D eigenvalue weighted by molar-refractivity contribution is 5.30. The first-order valence-corrected chi connectivity index (χ1v) is 7.19. The Morgan fingerprint density at radius 2 is 1.80 bits per heavy atom. The molecule has 1 rings (SSSR count). The molecule has 0 aliphatic carbocycles. The third-order valence-electron chi connectivity index (χ3n) is 3.29. The molecular formula is C16H25F2NO. The maximum Gasteiger partial charge on any atom is 0.387 e. The normalized spacial score (nSPS) is 14.6. The molecule has 2 atom stereocenters. The first-order chi connectivity index (χ1) is 9.38. The van der Waals surface area contributed by atoms with E-state index in [1.165, 1.54) is 6.42 Å². The Hall–Kier alpha value is -1.16. The van der Waals surface area contributed by atoms with E-state index in [9.17, 15) is 8.78 Å². The number of halogens is 2. The summed E-state index contributed by atoms with van der Waals surface area (Å²) in [5.41, 5.74) is 0.958. The third kappa shape index (κ3) is 6.33. The Bertz CT molecular complexity index is 396. The van der Waals surface area contributed by atoms with Gasteiger partial charge in [-0.25, -0.2) is 0 Å². The molecule has 0 aromatic heterocycles. The van der Waals surface area contributed by atoms with Crippen LogP contribution in [0.2, 0.25) is 0 Å². The summed E-state index contributed by atoms with van der Waals surface area (Å²) in [6, 6.07) is 7.38. The first kappa shape index (κ1) is 16.9. The predicted octanol–water partition coefficient (Wildman–Crippen LogP) is 4.76. The van der Waals surface area contributed by atoms with Gasteiger partial charge in [0.2, 0.25) is 0 Å². The van der Waals surface area contributed by atoms with Crippen LogP contribution >= 0.6 is 0 Å². The van der Waals surface area contributed by atoms with E-state index >= 15 is 0 Å². The Morgan fingerprint density at radius 3 is 2.40 bits per heavy atom. The molecular weight excluding hydrogens is 260 g/mol. The van der Waals surface area contributed by atoms with Crippen LogP contribution in [0.4, 0.5) is 8.78 Å². The lowest BCUT2D eigenvalue weighted by Gasteiger charge is -2.21. The molecule has 0 radical (unpaired) electrons. The summed E-state index contributed by atoms with van der Waals surface area (Å²) in [6.07, 6.45) is 2.28. The molecule has 20 heavy (non-hydrogen) atoms. The molecule has 1 aromatic carbocycles. The fourth-order valence-corrected chi connectivity index (χ4v) is 2.15. The molecule has 2 unspecified atom stereocenters. The van der Waals surface area contributed by atoms with Crippen LogP contribution in [0.1, 0.15) is 52.1 Å². The lowest BCUT2D eigenvalue weighted by Crippen LogP contribution is -2.29. The van der Waals surface area contributed by atoms with Gasteiger partial charge in [-0.15, -0.1) is 0 Å². The average Bonchev–Trinajstić information content (AvgIpc) is 2.36. The second-order valence-corrected chi connectivity index (χ2v) is 5.71. The molecule has 114 valence electrons. The number of alkyl halides is 2. The van der Waals surface area contributed by atoms with Gasteiger partial charge in [-0.05, 0) is 50.3 Å². The fraction of sp³-hybridized carbons (Fsp3) is 0.625. The van der Waals surface area contributed by atoms with Gasteiger partial charge >= 0.3 is 6.61 Å². The van der Waals surface area contributed by atoms with E-state index < -0.39 is 6.61 Å². The molecule has 0 amide bonds. The Labute approximate surface area is 120 Å². The van der Waals surface area contributed by atoms with Gasteiger partial charge in [-0.1, -0.05) is 26.0 Å². The van der Waals surface area contributed by atoms with Crippen LogP contribution in [0.3, 0.4) is 0 Å². The predicted molar refractivity (Wildman–Crippen MR) is 78.2 cm³/mol. The van der Waals surface area contributed by atoms with Gasteiger partial charge in [0.1, 0.15) is 5.75 Å². The van der Waals surface area contributed by atoms with Crippen LogP contribution in [0.5, 0.6) is 5.75 Å². The summed E-state index contributed by atoms with van der Waals surface area (Å²) in [5, 5.41) is 3.49. The third-order valence-corrected chi connectivity index (χ3v) is 3.29. The maximum absolute atomic E-state index is 12.2. The molecule has 0 saturated carbocycles. The van der Waals surface area contributed by atoms with E-state index in [1.54, 1.807) is 18.2 Å². The number of benzene rings is 1. The van der Waals surface area contributed by atoms with Crippen molar-refractivity contribution < 1.29 is 13.5 Å². The largest absolute Gasteiger partial charge is 0.435 e. The monoisotopic (exact) mass is 285 g/mol.